The Labute approximate surface area is 123 Å². The van der Waals surface area contributed by atoms with Crippen LogP contribution in [-0.4, -0.2) is 42.1 Å². The lowest BCUT2D eigenvalue weighted by Crippen LogP contribution is -2.33. The van der Waals surface area contributed by atoms with Crippen LogP contribution >= 0.6 is 0 Å². The predicted molar refractivity (Wildman–Crippen MR) is 78.5 cm³/mol. The van der Waals surface area contributed by atoms with Crippen molar-refractivity contribution in [3.8, 4) is 0 Å². The summed E-state index contributed by atoms with van der Waals surface area (Å²) in [7, 11) is 1.57. The van der Waals surface area contributed by atoms with E-state index in [4.69, 9.17) is 4.74 Å². The van der Waals surface area contributed by atoms with Gasteiger partial charge in [0.1, 0.15) is 17.6 Å². The predicted octanol–water partition coefficient (Wildman–Crippen LogP) is 1.58. The second-order valence-corrected chi connectivity index (χ2v) is 4.53. The minimum atomic E-state index is -0.614. The smallest absolute Gasteiger partial charge is 0.300 e. The SMILES string of the molecule is CCNc1cc(C(=O)NC(C)CCOC)c([N+](=O)[O-])cn1. The molecule has 1 aromatic rings. The highest BCUT2D eigenvalue weighted by molar-refractivity contribution is 5.98. The molecule has 0 spiro atoms. The number of carbonyl (C=O) groups is 1. The Morgan fingerprint density at radius 2 is 2.29 bits per heavy atom. The number of rotatable bonds is 8. The van der Waals surface area contributed by atoms with Crippen LogP contribution in [0.2, 0.25) is 0 Å². The molecule has 0 saturated carbocycles. The Hall–Kier alpha value is -2.22. The van der Waals surface area contributed by atoms with Gasteiger partial charge in [0.2, 0.25) is 0 Å². The number of aromatic nitrogens is 1. The summed E-state index contributed by atoms with van der Waals surface area (Å²) < 4.78 is 4.93. The number of amides is 1. The van der Waals surface area contributed by atoms with E-state index in [1.54, 1.807) is 7.11 Å². The molecule has 21 heavy (non-hydrogen) atoms. The van der Waals surface area contributed by atoms with Crippen molar-refractivity contribution in [1.82, 2.24) is 10.3 Å². The maximum atomic E-state index is 12.2. The number of methoxy groups -OCH3 is 1. The largest absolute Gasteiger partial charge is 0.385 e. The van der Waals surface area contributed by atoms with Crippen LogP contribution < -0.4 is 10.6 Å². The fourth-order valence-corrected chi connectivity index (χ4v) is 1.72. The molecule has 116 valence electrons. The number of nitrogens with one attached hydrogen (secondary N) is 2. The van der Waals surface area contributed by atoms with E-state index >= 15 is 0 Å². The normalized spacial score (nSPS) is 11.8. The van der Waals surface area contributed by atoms with Crippen molar-refractivity contribution in [1.29, 1.82) is 0 Å². The summed E-state index contributed by atoms with van der Waals surface area (Å²) in [6.45, 7) is 4.80. The van der Waals surface area contributed by atoms with E-state index in [1.807, 2.05) is 13.8 Å². The molecule has 0 radical (unpaired) electrons. The van der Waals surface area contributed by atoms with Gasteiger partial charge in [0.05, 0.1) is 4.92 Å². The molecular formula is C13H20N4O4. The molecule has 8 heteroatoms. The van der Waals surface area contributed by atoms with Crippen LogP contribution in [0.5, 0.6) is 0 Å². The Balaban J connectivity index is 2.94. The van der Waals surface area contributed by atoms with Crippen LogP contribution in [0.3, 0.4) is 0 Å². The molecule has 0 aliphatic heterocycles. The average Bonchev–Trinajstić information content (AvgIpc) is 2.45. The lowest BCUT2D eigenvalue weighted by molar-refractivity contribution is -0.385. The van der Waals surface area contributed by atoms with Crippen molar-refractivity contribution in [2.24, 2.45) is 0 Å². The molecular weight excluding hydrogens is 276 g/mol. The summed E-state index contributed by atoms with van der Waals surface area (Å²) in [5, 5.41) is 16.6. The van der Waals surface area contributed by atoms with Crippen LogP contribution in [0.25, 0.3) is 0 Å². The molecule has 1 heterocycles. The Bertz CT molecular complexity index is 507. The van der Waals surface area contributed by atoms with E-state index < -0.39 is 10.8 Å². The van der Waals surface area contributed by atoms with Gasteiger partial charge in [-0.25, -0.2) is 4.98 Å². The van der Waals surface area contributed by atoms with Crippen molar-refractivity contribution in [3.05, 3.63) is 27.9 Å². The van der Waals surface area contributed by atoms with Gasteiger partial charge < -0.3 is 15.4 Å². The second kappa shape index (κ2) is 8.15. The highest BCUT2D eigenvalue weighted by atomic mass is 16.6. The first-order valence-electron chi connectivity index (χ1n) is 6.67. The molecule has 1 aromatic heterocycles. The summed E-state index contributed by atoms with van der Waals surface area (Å²) in [6, 6.07) is 1.24. The van der Waals surface area contributed by atoms with Crippen molar-refractivity contribution >= 4 is 17.4 Å². The first kappa shape index (κ1) is 16.8. The lowest BCUT2D eigenvalue weighted by atomic mass is 10.1. The minimum absolute atomic E-state index is 0.00443. The number of hydrogen-bond donors (Lipinski definition) is 2. The van der Waals surface area contributed by atoms with Gasteiger partial charge in [0, 0.05) is 32.4 Å². The number of carbonyl (C=O) groups excluding carboxylic acids is 1. The van der Waals surface area contributed by atoms with Crippen LogP contribution in [0, 0.1) is 10.1 Å². The van der Waals surface area contributed by atoms with Gasteiger partial charge in [0.15, 0.2) is 0 Å². The molecule has 0 bridgehead atoms. The third-order valence-electron chi connectivity index (χ3n) is 2.81. The van der Waals surface area contributed by atoms with E-state index in [0.29, 0.717) is 25.4 Å². The summed E-state index contributed by atoms with van der Waals surface area (Å²) in [5.41, 5.74) is -0.316. The number of ether oxygens (including phenoxy) is 1. The van der Waals surface area contributed by atoms with E-state index in [9.17, 15) is 14.9 Å². The van der Waals surface area contributed by atoms with E-state index in [1.165, 1.54) is 6.07 Å². The maximum Gasteiger partial charge on any atom is 0.300 e. The number of anilines is 1. The zero-order valence-corrected chi connectivity index (χ0v) is 12.4. The molecule has 0 aliphatic rings. The van der Waals surface area contributed by atoms with Crippen molar-refractivity contribution in [2.45, 2.75) is 26.3 Å². The maximum absolute atomic E-state index is 12.2. The van der Waals surface area contributed by atoms with Crippen molar-refractivity contribution < 1.29 is 14.5 Å². The van der Waals surface area contributed by atoms with Crippen LogP contribution in [0.1, 0.15) is 30.6 Å². The minimum Gasteiger partial charge on any atom is -0.385 e. The van der Waals surface area contributed by atoms with E-state index in [0.717, 1.165) is 6.20 Å². The van der Waals surface area contributed by atoms with Gasteiger partial charge in [-0.05, 0) is 20.3 Å². The molecule has 1 unspecified atom stereocenters. The quantitative estimate of drug-likeness (QED) is 0.557. The highest BCUT2D eigenvalue weighted by Crippen LogP contribution is 2.20. The molecule has 0 aliphatic carbocycles. The standard InChI is InChI=1S/C13H20N4O4/c1-4-14-12-7-10(11(8-15-12)17(19)20)13(18)16-9(2)5-6-21-3/h7-9H,4-6H2,1-3H3,(H,14,15)(H,16,18). The highest BCUT2D eigenvalue weighted by Gasteiger charge is 2.22. The number of nitrogens with zero attached hydrogens (tertiary/aromatic N) is 2. The Morgan fingerprint density at radius 1 is 1.57 bits per heavy atom. The fourth-order valence-electron chi connectivity index (χ4n) is 1.72. The zero-order chi connectivity index (χ0) is 15.8. The van der Waals surface area contributed by atoms with Crippen LogP contribution in [0.15, 0.2) is 12.3 Å². The summed E-state index contributed by atoms with van der Waals surface area (Å²) >= 11 is 0. The van der Waals surface area contributed by atoms with Gasteiger partial charge in [-0.15, -0.1) is 0 Å². The number of nitro groups is 1. The summed E-state index contributed by atoms with van der Waals surface area (Å²) in [4.78, 5) is 26.5. The third-order valence-corrected chi connectivity index (χ3v) is 2.81. The molecule has 8 nitrogen and oxygen atoms in total. The first-order chi connectivity index (χ1) is 9.99. The van der Waals surface area contributed by atoms with Crippen molar-refractivity contribution in [2.75, 3.05) is 25.6 Å². The summed E-state index contributed by atoms with van der Waals surface area (Å²) in [6.07, 6.45) is 1.72. The van der Waals surface area contributed by atoms with Crippen LogP contribution in [-0.2, 0) is 4.74 Å². The van der Waals surface area contributed by atoms with Gasteiger partial charge >= 0.3 is 0 Å². The molecule has 2 N–H and O–H groups in total. The molecule has 1 amide bonds. The van der Waals surface area contributed by atoms with Gasteiger partial charge in [0.25, 0.3) is 11.6 Å². The molecule has 0 aromatic carbocycles. The van der Waals surface area contributed by atoms with E-state index in [2.05, 4.69) is 15.6 Å². The monoisotopic (exact) mass is 296 g/mol. The van der Waals surface area contributed by atoms with E-state index in [-0.39, 0.29) is 17.3 Å². The molecule has 1 atom stereocenters. The first-order valence-corrected chi connectivity index (χ1v) is 6.67. The molecule has 0 saturated heterocycles. The van der Waals surface area contributed by atoms with Crippen molar-refractivity contribution in [3.63, 3.8) is 0 Å². The zero-order valence-electron chi connectivity index (χ0n) is 12.4. The summed E-state index contributed by atoms with van der Waals surface area (Å²) in [5.74, 6) is -0.0651. The molecule has 1 rings (SSSR count). The van der Waals surface area contributed by atoms with Gasteiger partial charge in [-0.1, -0.05) is 0 Å². The average molecular weight is 296 g/mol. The van der Waals surface area contributed by atoms with Crippen LogP contribution in [0.4, 0.5) is 11.5 Å². The topological polar surface area (TPSA) is 106 Å². The second-order valence-electron chi connectivity index (χ2n) is 4.53. The Morgan fingerprint density at radius 3 is 2.86 bits per heavy atom. The Kier molecular flexibility index (Phi) is 6.54. The van der Waals surface area contributed by atoms with Gasteiger partial charge in [-0.3, -0.25) is 14.9 Å². The third kappa shape index (κ3) is 4.99. The number of hydrogen-bond acceptors (Lipinski definition) is 6. The lowest BCUT2D eigenvalue weighted by Gasteiger charge is -2.13. The molecule has 0 fully saturated rings. The van der Waals surface area contributed by atoms with Gasteiger partial charge in [-0.2, -0.15) is 0 Å². The fraction of sp³-hybridized carbons (Fsp3) is 0.538. The number of pyridine rings is 1.